The lowest BCUT2D eigenvalue weighted by molar-refractivity contribution is -0.130. The number of carbonyl (C=O) groups excluding carboxylic acids is 1. The Hall–Kier alpha value is -0.910. The number of rotatable bonds is 2. The largest absolute Gasteiger partial charge is 0.375 e. The van der Waals surface area contributed by atoms with E-state index in [1.165, 1.54) is 0 Å². The highest BCUT2D eigenvalue weighted by Crippen LogP contribution is 2.23. The fraction of sp³-hybridized carbons (Fsp3) is 0.667. The summed E-state index contributed by atoms with van der Waals surface area (Å²) in [5.41, 5.74) is 1.13. The summed E-state index contributed by atoms with van der Waals surface area (Å²) in [7, 11) is 2.17. The van der Waals surface area contributed by atoms with Gasteiger partial charge in [0.2, 0.25) is 5.91 Å². The van der Waals surface area contributed by atoms with Gasteiger partial charge in [-0.05, 0) is 42.3 Å². The van der Waals surface area contributed by atoms with Crippen LogP contribution in [0.4, 0.5) is 0 Å². The summed E-state index contributed by atoms with van der Waals surface area (Å²) < 4.78 is 5.89. The van der Waals surface area contributed by atoms with Crippen LogP contribution in [0.25, 0.3) is 0 Å². The molecule has 2 atom stereocenters. The van der Waals surface area contributed by atoms with Crippen LogP contribution >= 0.6 is 11.3 Å². The van der Waals surface area contributed by atoms with Crippen LogP contribution < -0.4 is 0 Å². The molecular weight excluding hydrogens is 272 g/mol. The molecule has 0 aromatic carbocycles. The van der Waals surface area contributed by atoms with Crippen molar-refractivity contribution >= 4 is 17.2 Å². The highest BCUT2D eigenvalue weighted by Gasteiger charge is 2.33. The Labute approximate surface area is 124 Å². The minimum absolute atomic E-state index is 0.254. The Morgan fingerprint density at radius 1 is 1.40 bits per heavy atom. The summed E-state index contributed by atoms with van der Waals surface area (Å²) in [4.78, 5) is 16.8. The SMILES string of the molecule is CN1CCO[C@@H]2CCN(C(=O)Cc3ccsc3)CC[C@H]21. The summed E-state index contributed by atoms with van der Waals surface area (Å²) >= 11 is 1.65. The van der Waals surface area contributed by atoms with E-state index in [0.29, 0.717) is 18.6 Å². The van der Waals surface area contributed by atoms with Crippen molar-refractivity contribution < 1.29 is 9.53 Å². The molecule has 0 saturated carbocycles. The van der Waals surface area contributed by atoms with Crippen molar-refractivity contribution in [3.8, 4) is 0 Å². The molecule has 0 N–H and O–H groups in total. The van der Waals surface area contributed by atoms with Crippen LogP contribution in [-0.4, -0.2) is 61.1 Å². The molecule has 0 aliphatic carbocycles. The van der Waals surface area contributed by atoms with Crippen LogP contribution in [0.15, 0.2) is 16.8 Å². The van der Waals surface area contributed by atoms with Gasteiger partial charge < -0.3 is 9.64 Å². The van der Waals surface area contributed by atoms with Crippen LogP contribution in [0.1, 0.15) is 18.4 Å². The number of amides is 1. The molecule has 1 aromatic heterocycles. The number of morpholine rings is 1. The summed E-state index contributed by atoms with van der Waals surface area (Å²) in [5.74, 6) is 0.254. The van der Waals surface area contributed by atoms with Crippen molar-refractivity contribution in [2.75, 3.05) is 33.3 Å². The molecule has 5 heteroatoms. The van der Waals surface area contributed by atoms with Crippen LogP contribution in [-0.2, 0) is 16.0 Å². The fourth-order valence-electron chi connectivity index (χ4n) is 3.20. The Morgan fingerprint density at radius 2 is 2.25 bits per heavy atom. The van der Waals surface area contributed by atoms with Crippen molar-refractivity contribution in [3.63, 3.8) is 0 Å². The van der Waals surface area contributed by atoms with Crippen LogP contribution in [0.2, 0.25) is 0 Å². The van der Waals surface area contributed by atoms with E-state index >= 15 is 0 Å². The van der Waals surface area contributed by atoms with E-state index in [9.17, 15) is 4.79 Å². The van der Waals surface area contributed by atoms with Crippen molar-refractivity contribution in [3.05, 3.63) is 22.4 Å². The zero-order valence-corrected chi connectivity index (χ0v) is 12.8. The molecule has 1 amide bonds. The first-order valence-corrected chi connectivity index (χ1v) is 8.29. The van der Waals surface area contributed by atoms with Crippen molar-refractivity contribution in [2.24, 2.45) is 0 Å². The van der Waals surface area contributed by atoms with E-state index < -0.39 is 0 Å². The highest BCUT2D eigenvalue weighted by atomic mass is 32.1. The molecule has 110 valence electrons. The number of thiophene rings is 1. The van der Waals surface area contributed by atoms with Gasteiger partial charge in [0, 0.05) is 25.7 Å². The lowest BCUT2D eigenvalue weighted by Crippen LogP contribution is -2.49. The molecule has 4 nitrogen and oxygen atoms in total. The third kappa shape index (κ3) is 3.05. The predicted molar refractivity (Wildman–Crippen MR) is 80.0 cm³/mol. The highest BCUT2D eigenvalue weighted by molar-refractivity contribution is 7.07. The standard InChI is InChI=1S/C15H22N2O2S/c1-16-7-8-19-14-3-6-17(5-2-13(14)16)15(18)10-12-4-9-20-11-12/h4,9,11,13-14H,2-3,5-8,10H2,1H3/t13-,14-/m1/s1. The second kappa shape index (κ2) is 6.24. The normalized spacial score (nSPS) is 27.9. The number of ether oxygens (including phenoxy) is 1. The van der Waals surface area contributed by atoms with Gasteiger partial charge in [-0.3, -0.25) is 9.69 Å². The van der Waals surface area contributed by atoms with E-state index in [-0.39, 0.29) is 5.91 Å². The molecule has 3 heterocycles. The second-order valence-corrected chi connectivity index (χ2v) is 6.50. The number of hydrogen-bond donors (Lipinski definition) is 0. The van der Waals surface area contributed by atoms with E-state index in [1.54, 1.807) is 11.3 Å². The molecule has 20 heavy (non-hydrogen) atoms. The summed E-state index contributed by atoms with van der Waals surface area (Å²) in [6.45, 7) is 3.51. The van der Waals surface area contributed by atoms with Crippen LogP contribution in [0.3, 0.4) is 0 Å². The molecule has 2 fully saturated rings. The van der Waals surface area contributed by atoms with Gasteiger partial charge in [0.1, 0.15) is 0 Å². The zero-order chi connectivity index (χ0) is 13.9. The summed E-state index contributed by atoms with van der Waals surface area (Å²) in [6, 6.07) is 2.51. The molecule has 0 bridgehead atoms. The molecular formula is C15H22N2O2S. The minimum Gasteiger partial charge on any atom is -0.375 e. The van der Waals surface area contributed by atoms with Gasteiger partial charge in [0.15, 0.2) is 0 Å². The Bertz CT molecular complexity index is 449. The lowest BCUT2D eigenvalue weighted by Gasteiger charge is -2.37. The first kappa shape index (κ1) is 14.0. The van der Waals surface area contributed by atoms with Gasteiger partial charge >= 0.3 is 0 Å². The van der Waals surface area contributed by atoms with Gasteiger partial charge in [-0.25, -0.2) is 0 Å². The maximum absolute atomic E-state index is 12.4. The van der Waals surface area contributed by atoms with Crippen molar-refractivity contribution in [2.45, 2.75) is 31.4 Å². The topological polar surface area (TPSA) is 32.8 Å². The van der Waals surface area contributed by atoms with E-state index in [1.807, 2.05) is 16.3 Å². The maximum Gasteiger partial charge on any atom is 0.227 e. The smallest absolute Gasteiger partial charge is 0.227 e. The average molecular weight is 294 g/mol. The van der Waals surface area contributed by atoms with Crippen molar-refractivity contribution in [1.29, 1.82) is 0 Å². The van der Waals surface area contributed by atoms with Crippen LogP contribution in [0, 0.1) is 0 Å². The third-order valence-corrected chi connectivity index (χ3v) is 5.17. The number of likely N-dealkylation sites (tertiary alicyclic amines) is 1. The fourth-order valence-corrected chi connectivity index (χ4v) is 3.87. The summed E-state index contributed by atoms with van der Waals surface area (Å²) in [6.07, 6.45) is 2.82. The van der Waals surface area contributed by atoms with Gasteiger partial charge in [-0.15, -0.1) is 0 Å². The first-order valence-electron chi connectivity index (χ1n) is 7.35. The predicted octanol–water partition coefficient (Wildman–Crippen LogP) is 1.61. The number of likely N-dealkylation sites (N-methyl/N-ethyl adjacent to an activating group) is 1. The van der Waals surface area contributed by atoms with E-state index in [4.69, 9.17) is 4.74 Å². The Morgan fingerprint density at radius 3 is 3.05 bits per heavy atom. The third-order valence-electron chi connectivity index (χ3n) is 4.44. The van der Waals surface area contributed by atoms with Gasteiger partial charge in [0.05, 0.1) is 19.1 Å². The molecule has 2 aliphatic rings. The van der Waals surface area contributed by atoms with E-state index in [2.05, 4.69) is 17.3 Å². The molecule has 0 spiro atoms. The minimum atomic E-state index is 0.254. The van der Waals surface area contributed by atoms with Gasteiger partial charge in [-0.1, -0.05) is 0 Å². The molecule has 0 radical (unpaired) electrons. The quantitative estimate of drug-likeness (QED) is 0.831. The Balaban J connectivity index is 1.60. The molecule has 3 rings (SSSR count). The monoisotopic (exact) mass is 294 g/mol. The average Bonchev–Trinajstić information content (AvgIpc) is 2.83. The number of hydrogen-bond acceptors (Lipinski definition) is 4. The van der Waals surface area contributed by atoms with Crippen molar-refractivity contribution in [1.82, 2.24) is 9.80 Å². The molecule has 1 aromatic rings. The molecule has 2 saturated heterocycles. The maximum atomic E-state index is 12.4. The van der Waals surface area contributed by atoms with Gasteiger partial charge in [-0.2, -0.15) is 11.3 Å². The van der Waals surface area contributed by atoms with Gasteiger partial charge in [0.25, 0.3) is 0 Å². The second-order valence-electron chi connectivity index (χ2n) is 5.72. The lowest BCUT2D eigenvalue weighted by atomic mass is 10.0. The summed E-state index contributed by atoms with van der Waals surface area (Å²) in [5, 5.41) is 4.09. The van der Waals surface area contributed by atoms with E-state index in [0.717, 1.165) is 44.6 Å². The first-order chi connectivity index (χ1) is 9.74. The molecule has 2 aliphatic heterocycles. The van der Waals surface area contributed by atoms with Crippen LogP contribution in [0.5, 0.6) is 0 Å². The molecule has 0 unspecified atom stereocenters. The zero-order valence-electron chi connectivity index (χ0n) is 12.0. The number of nitrogens with zero attached hydrogens (tertiary/aromatic N) is 2. The number of fused-ring (bicyclic) bond motifs is 1. The Kier molecular flexibility index (Phi) is 4.38. The number of carbonyl (C=O) groups is 1.